The first-order valence-electron chi connectivity index (χ1n) is 6.59. The number of aliphatic hydroxyl groups excluding tert-OH is 1. The Morgan fingerprint density at radius 2 is 1.90 bits per heavy atom. The van der Waals surface area contributed by atoms with Gasteiger partial charge in [-0.05, 0) is 30.5 Å². The van der Waals surface area contributed by atoms with Crippen LogP contribution >= 0.6 is 0 Å². The van der Waals surface area contributed by atoms with Crippen LogP contribution in [0.25, 0.3) is 0 Å². The van der Waals surface area contributed by atoms with Gasteiger partial charge in [-0.25, -0.2) is 13.1 Å². The summed E-state index contributed by atoms with van der Waals surface area (Å²) in [4.78, 5) is 0. The van der Waals surface area contributed by atoms with Crippen LogP contribution in [0.3, 0.4) is 0 Å². The van der Waals surface area contributed by atoms with Crippen molar-refractivity contribution in [3.05, 3.63) is 29.8 Å². The number of nitrogen functional groups attached to an aromatic ring is 1. The summed E-state index contributed by atoms with van der Waals surface area (Å²) < 4.78 is 31.8. The van der Waals surface area contributed by atoms with Gasteiger partial charge < -0.3 is 15.6 Å². The molecule has 0 saturated carbocycles. The summed E-state index contributed by atoms with van der Waals surface area (Å²) in [6.45, 7) is 0.891. The van der Waals surface area contributed by atoms with Crippen molar-refractivity contribution in [2.24, 2.45) is 0 Å². The SMILES string of the molecule is Nc1ccc(C(O)CNS(=O)(=O)C2CCOCC2)cc1. The Hall–Kier alpha value is -1.15. The number of aliphatic hydroxyl groups is 1. The van der Waals surface area contributed by atoms with Crippen molar-refractivity contribution >= 4 is 15.7 Å². The van der Waals surface area contributed by atoms with Crippen LogP contribution in [0, 0.1) is 0 Å². The molecule has 0 aromatic heterocycles. The third-order valence-corrected chi connectivity index (χ3v) is 5.32. The van der Waals surface area contributed by atoms with Crippen LogP contribution in [-0.4, -0.2) is 38.5 Å². The Morgan fingerprint density at radius 1 is 1.30 bits per heavy atom. The molecule has 0 aliphatic carbocycles. The molecule has 0 spiro atoms. The van der Waals surface area contributed by atoms with E-state index in [1.807, 2.05) is 0 Å². The lowest BCUT2D eigenvalue weighted by atomic mass is 10.1. The Labute approximate surface area is 119 Å². The molecule has 4 N–H and O–H groups in total. The maximum Gasteiger partial charge on any atom is 0.214 e. The second-order valence-corrected chi connectivity index (χ2v) is 6.93. The van der Waals surface area contributed by atoms with Gasteiger partial charge in [-0.2, -0.15) is 0 Å². The zero-order valence-electron chi connectivity index (χ0n) is 11.2. The molecule has 0 amide bonds. The maximum absolute atomic E-state index is 12.1. The largest absolute Gasteiger partial charge is 0.399 e. The molecule has 2 rings (SSSR count). The van der Waals surface area contributed by atoms with Crippen molar-refractivity contribution < 1.29 is 18.3 Å². The molecular weight excluding hydrogens is 280 g/mol. The van der Waals surface area contributed by atoms with Crippen molar-refractivity contribution in [1.82, 2.24) is 4.72 Å². The van der Waals surface area contributed by atoms with Crippen LogP contribution in [0.2, 0.25) is 0 Å². The second kappa shape index (κ2) is 6.53. The Balaban J connectivity index is 1.91. The van der Waals surface area contributed by atoms with Crippen LogP contribution in [0.1, 0.15) is 24.5 Å². The minimum atomic E-state index is -3.41. The molecule has 6 nitrogen and oxygen atoms in total. The van der Waals surface area contributed by atoms with E-state index in [-0.39, 0.29) is 6.54 Å². The summed E-state index contributed by atoms with van der Waals surface area (Å²) in [6, 6.07) is 6.71. The lowest BCUT2D eigenvalue weighted by Crippen LogP contribution is -2.39. The maximum atomic E-state index is 12.1. The molecule has 1 fully saturated rings. The Kier molecular flexibility index (Phi) is 4.98. The van der Waals surface area contributed by atoms with E-state index in [4.69, 9.17) is 10.5 Å². The van der Waals surface area contributed by atoms with Crippen LogP contribution < -0.4 is 10.5 Å². The van der Waals surface area contributed by atoms with E-state index < -0.39 is 21.4 Å². The number of hydrogen-bond donors (Lipinski definition) is 3. The molecule has 0 radical (unpaired) electrons. The molecule has 1 heterocycles. The first-order chi connectivity index (χ1) is 9.49. The van der Waals surface area contributed by atoms with E-state index in [9.17, 15) is 13.5 Å². The lowest BCUT2D eigenvalue weighted by Gasteiger charge is -2.23. The fourth-order valence-corrected chi connectivity index (χ4v) is 3.57. The molecule has 1 atom stereocenters. The van der Waals surface area contributed by atoms with E-state index in [2.05, 4.69) is 4.72 Å². The molecule has 0 bridgehead atoms. The van der Waals surface area contributed by atoms with Gasteiger partial charge in [0.05, 0.1) is 11.4 Å². The van der Waals surface area contributed by atoms with Crippen molar-refractivity contribution in [2.75, 3.05) is 25.5 Å². The highest BCUT2D eigenvalue weighted by Gasteiger charge is 2.27. The minimum absolute atomic E-state index is 0.0381. The van der Waals surface area contributed by atoms with Crippen molar-refractivity contribution in [1.29, 1.82) is 0 Å². The van der Waals surface area contributed by atoms with Gasteiger partial charge in [0.25, 0.3) is 0 Å². The normalized spacial score (nSPS) is 18.9. The van der Waals surface area contributed by atoms with Crippen molar-refractivity contribution in [3.8, 4) is 0 Å². The monoisotopic (exact) mass is 300 g/mol. The number of sulfonamides is 1. The highest BCUT2D eigenvalue weighted by molar-refractivity contribution is 7.90. The van der Waals surface area contributed by atoms with Gasteiger partial charge in [0, 0.05) is 25.4 Å². The molecule has 7 heteroatoms. The molecular formula is C13H20N2O4S. The van der Waals surface area contributed by atoms with Gasteiger partial charge >= 0.3 is 0 Å². The fraction of sp³-hybridized carbons (Fsp3) is 0.538. The number of rotatable bonds is 5. The fourth-order valence-electron chi connectivity index (χ4n) is 2.14. The summed E-state index contributed by atoms with van der Waals surface area (Å²) in [5.41, 5.74) is 6.80. The average Bonchev–Trinajstić information content (AvgIpc) is 2.46. The second-order valence-electron chi connectivity index (χ2n) is 4.89. The summed E-state index contributed by atoms with van der Waals surface area (Å²) in [7, 11) is -3.41. The average molecular weight is 300 g/mol. The minimum Gasteiger partial charge on any atom is -0.399 e. The van der Waals surface area contributed by atoms with Gasteiger partial charge in [-0.1, -0.05) is 12.1 Å². The van der Waals surface area contributed by atoms with Crippen molar-refractivity contribution in [3.63, 3.8) is 0 Å². The molecule has 1 saturated heterocycles. The first-order valence-corrected chi connectivity index (χ1v) is 8.13. The summed E-state index contributed by atoms with van der Waals surface area (Å²) in [5.74, 6) is 0. The van der Waals surface area contributed by atoms with Crippen LogP contribution in [0.4, 0.5) is 5.69 Å². The zero-order chi connectivity index (χ0) is 14.6. The third-order valence-electron chi connectivity index (χ3n) is 3.41. The standard InChI is InChI=1S/C13H20N2O4S/c14-11-3-1-10(2-4-11)13(16)9-15-20(17,18)12-5-7-19-8-6-12/h1-4,12-13,15-16H,5-9,14H2. The predicted octanol–water partition coefficient (Wildman–Crippen LogP) is 0.401. The Morgan fingerprint density at radius 3 is 2.50 bits per heavy atom. The van der Waals surface area contributed by atoms with E-state index >= 15 is 0 Å². The summed E-state index contributed by atoms with van der Waals surface area (Å²) in [6.07, 6.45) is 0.103. The number of nitrogens with one attached hydrogen (secondary N) is 1. The highest BCUT2D eigenvalue weighted by Crippen LogP contribution is 2.17. The smallest absolute Gasteiger partial charge is 0.214 e. The van der Waals surface area contributed by atoms with Gasteiger partial charge in [-0.3, -0.25) is 0 Å². The lowest BCUT2D eigenvalue weighted by molar-refractivity contribution is 0.0980. The third kappa shape index (κ3) is 3.92. The molecule has 1 aromatic rings. The molecule has 20 heavy (non-hydrogen) atoms. The van der Waals surface area contributed by atoms with E-state index in [1.165, 1.54) is 0 Å². The molecule has 1 unspecified atom stereocenters. The molecule has 1 aromatic carbocycles. The number of hydrogen-bond acceptors (Lipinski definition) is 5. The number of nitrogens with two attached hydrogens (primary N) is 1. The number of ether oxygens (including phenoxy) is 1. The van der Waals surface area contributed by atoms with Gasteiger partial charge in [0.2, 0.25) is 10.0 Å². The van der Waals surface area contributed by atoms with Crippen LogP contribution in [0.15, 0.2) is 24.3 Å². The van der Waals surface area contributed by atoms with Gasteiger partial charge in [0.15, 0.2) is 0 Å². The molecule has 1 aliphatic heterocycles. The van der Waals surface area contributed by atoms with Gasteiger partial charge in [0.1, 0.15) is 0 Å². The summed E-state index contributed by atoms with van der Waals surface area (Å²) in [5, 5.41) is 9.55. The highest BCUT2D eigenvalue weighted by atomic mass is 32.2. The number of anilines is 1. The summed E-state index contributed by atoms with van der Waals surface area (Å²) >= 11 is 0. The zero-order valence-corrected chi connectivity index (χ0v) is 12.0. The van der Waals surface area contributed by atoms with E-state index in [1.54, 1.807) is 24.3 Å². The first kappa shape index (κ1) is 15.2. The van der Waals surface area contributed by atoms with E-state index in [0.29, 0.717) is 37.3 Å². The van der Waals surface area contributed by atoms with Crippen molar-refractivity contribution in [2.45, 2.75) is 24.2 Å². The quantitative estimate of drug-likeness (QED) is 0.683. The topological polar surface area (TPSA) is 102 Å². The van der Waals surface area contributed by atoms with E-state index in [0.717, 1.165) is 0 Å². The van der Waals surface area contributed by atoms with Crippen LogP contribution in [-0.2, 0) is 14.8 Å². The van der Waals surface area contributed by atoms with Crippen LogP contribution in [0.5, 0.6) is 0 Å². The Bertz CT molecular complexity index is 524. The molecule has 1 aliphatic rings. The molecule has 112 valence electrons. The van der Waals surface area contributed by atoms with Gasteiger partial charge in [-0.15, -0.1) is 0 Å². The number of benzene rings is 1. The predicted molar refractivity (Wildman–Crippen MR) is 76.6 cm³/mol.